The number of aryl methyl sites for hydroxylation is 1. The van der Waals surface area contributed by atoms with Gasteiger partial charge in [-0.25, -0.2) is 8.42 Å². The van der Waals surface area contributed by atoms with Crippen LogP contribution in [0.3, 0.4) is 0 Å². The Balaban J connectivity index is 3.18. The number of nitrogens with zero attached hydrogens (tertiary/aromatic N) is 1. The molecule has 0 saturated heterocycles. The summed E-state index contributed by atoms with van der Waals surface area (Å²) in [5, 5.41) is 0. The van der Waals surface area contributed by atoms with Crippen molar-refractivity contribution in [3.05, 3.63) is 29.8 Å². The Bertz CT molecular complexity index is 592. The molecule has 0 saturated carbocycles. The van der Waals surface area contributed by atoms with Crippen LogP contribution in [0.2, 0.25) is 0 Å². The molecule has 6 nitrogen and oxygen atoms in total. The Morgan fingerprint density at radius 1 is 1.19 bits per heavy atom. The summed E-state index contributed by atoms with van der Waals surface area (Å²) in [5.41, 5.74) is -0.127. The van der Waals surface area contributed by atoms with E-state index in [4.69, 9.17) is 4.84 Å². The van der Waals surface area contributed by atoms with E-state index in [9.17, 15) is 13.2 Å². The average Bonchev–Trinajstić information content (AvgIpc) is 2.38. The molecule has 0 spiro atoms. The van der Waals surface area contributed by atoms with Gasteiger partial charge < -0.3 is 4.74 Å². The van der Waals surface area contributed by atoms with Gasteiger partial charge in [-0.1, -0.05) is 22.2 Å². The lowest BCUT2D eigenvalue weighted by Crippen LogP contribution is -2.48. The molecule has 1 aromatic carbocycles. The smallest absolute Gasteiger partial charge is 0.307 e. The zero-order valence-electron chi connectivity index (χ0n) is 12.9. The fraction of sp³-hybridized carbons (Fsp3) is 0.500. The largest absolute Gasteiger partial charge is 0.469 e. The van der Waals surface area contributed by atoms with Crippen LogP contribution in [0.1, 0.15) is 25.8 Å². The number of rotatable bonds is 6. The van der Waals surface area contributed by atoms with Crippen molar-refractivity contribution in [2.24, 2.45) is 0 Å². The van der Waals surface area contributed by atoms with E-state index in [0.29, 0.717) is 0 Å². The molecule has 0 aliphatic carbocycles. The highest BCUT2D eigenvalue weighted by Crippen LogP contribution is 2.27. The molecule has 0 N–H and O–H groups in total. The average molecular weight is 315 g/mol. The van der Waals surface area contributed by atoms with E-state index in [1.807, 2.05) is 6.92 Å². The highest BCUT2D eigenvalue weighted by molar-refractivity contribution is 7.89. The lowest BCUT2D eigenvalue weighted by Gasteiger charge is -2.34. The van der Waals surface area contributed by atoms with Gasteiger partial charge in [-0.2, -0.15) is 0 Å². The molecule has 0 unspecified atom stereocenters. The van der Waals surface area contributed by atoms with E-state index in [2.05, 4.69) is 4.74 Å². The molecule has 1 rings (SSSR count). The van der Waals surface area contributed by atoms with Gasteiger partial charge in [-0.15, -0.1) is 0 Å². The Labute approximate surface area is 125 Å². The van der Waals surface area contributed by atoms with Crippen LogP contribution in [-0.4, -0.2) is 38.6 Å². The normalized spacial score (nSPS) is 12.5. The quantitative estimate of drug-likeness (QED) is 0.592. The van der Waals surface area contributed by atoms with Crippen molar-refractivity contribution in [3.63, 3.8) is 0 Å². The minimum absolute atomic E-state index is 0.105. The molecular weight excluding hydrogens is 294 g/mol. The number of benzene rings is 1. The predicted molar refractivity (Wildman–Crippen MR) is 77.9 cm³/mol. The molecule has 0 fully saturated rings. The van der Waals surface area contributed by atoms with Gasteiger partial charge in [-0.05, 0) is 32.9 Å². The van der Waals surface area contributed by atoms with Crippen LogP contribution in [0, 0.1) is 6.92 Å². The van der Waals surface area contributed by atoms with Crippen LogP contribution in [-0.2, 0) is 24.4 Å². The third-order valence-corrected chi connectivity index (χ3v) is 4.95. The second-order valence-corrected chi connectivity index (χ2v) is 7.05. The van der Waals surface area contributed by atoms with Crippen molar-refractivity contribution in [1.29, 1.82) is 0 Å². The molecule has 21 heavy (non-hydrogen) atoms. The summed E-state index contributed by atoms with van der Waals surface area (Å²) in [6, 6.07) is 6.41. The van der Waals surface area contributed by atoms with Gasteiger partial charge in [0, 0.05) is 0 Å². The molecule has 0 bridgehead atoms. The third kappa shape index (κ3) is 4.03. The first-order valence-corrected chi connectivity index (χ1v) is 7.82. The zero-order valence-corrected chi connectivity index (χ0v) is 13.7. The van der Waals surface area contributed by atoms with Crippen molar-refractivity contribution < 1.29 is 22.8 Å². The predicted octanol–water partition coefficient (Wildman–Crippen LogP) is 1.89. The van der Waals surface area contributed by atoms with Crippen molar-refractivity contribution in [1.82, 2.24) is 4.47 Å². The lowest BCUT2D eigenvalue weighted by molar-refractivity contribution is -0.153. The van der Waals surface area contributed by atoms with Gasteiger partial charge in [0.25, 0.3) is 10.0 Å². The van der Waals surface area contributed by atoms with Crippen LogP contribution in [0.5, 0.6) is 0 Å². The van der Waals surface area contributed by atoms with E-state index in [1.165, 1.54) is 26.4 Å². The van der Waals surface area contributed by atoms with E-state index < -0.39 is 21.5 Å². The van der Waals surface area contributed by atoms with Gasteiger partial charge in [0.1, 0.15) is 0 Å². The monoisotopic (exact) mass is 315 g/mol. The van der Waals surface area contributed by atoms with Gasteiger partial charge in [-0.3, -0.25) is 9.63 Å². The minimum Gasteiger partial charge on any atom is -0.469 e. The van der Waals surface area contributed by atoms with Crippen molar-refractivity contribution in [2.75, 3.05) is 14.2 Å². The maximum absolute atomic E-state index is 12.6. The van der Waals surface area contributed by atoms with E-state index >= 15 is 0 Å². The highest BCUT2D eigenvalue weighted by atomic mass is 32.2. The summed E-state index contributed by atoms with van der Waals surface area (Å²) in [6.45, 7) is 5.06. The zero-order chi connectivity index (χ0) is 16.3. The number of carbonyl (C=O) groups is 1. The fourth-order valence-electron chi connectivity index (χ4n) is 1.97. The summed E-state index contributed by atoms with van der Waals surface area (Å²) in [7, 11) is -1.37. The van der Waals surface area contributed by atoms with E-state index in [0.717, 1.165) is 10.0 Å². The molecule has 0 amide bonds. The Kier molecular flexibility index (Phi) is 5.49. The molecule has 0 aliphatic heterocycles. The summed E-state index contributed by atoms with van der Waals surface area (Å²) < 4.78 is 30.7. The van der Waals surface area contributed by atoms with Crippen molar-refractivity contribution in [2.45, 2.75) is 37.6 Å². The number of methoxy groups -OCH3 is 1. The maximum atomic E-state index is 12.6. The number of esters is 1. The Morgan fingerprint density at radius 3 is 2.14 bits per heavy atom. The number of hydrogen-bond acceptors (Lipinski definition) is 5. The first-order chi connectivity index (χ1) is 9.65. The number of sulfonamides is 1. The minimum atomic E-state index is -3.88. The molecule has 0 aliphatic rings. The van der Waals surface area contributed by atoms with Gasteiger partial charge in [0.15, 0.2) is 0 Å². The second kappa shape index (κ2) is 6.55. The fourth-order valence-corrected chi connectivity index (χ4v) is 3.55. The van der Waals surface area contributed by atoms with Crippen LogP contribution in [0.15, 0.2) is 29.2 Å². The molecule has 0 aromatic heterocycles. The Hall–Kier alpha value is -1.44. The molecule has 0 radical (unpaired) electrons. The first-order valence-electron chi connectivity index (χ1n) is 6.38. The van der Waals surface area contributed by atoms with E-state index in [1.54, 1.807) is 26.0 Å². The van der Waals surface area contributed by atoms with Crippen LogP contribution < -0.4 is 0 Å². The van der Waals surface area contributed by atoms with E-state index in [-0.39, 0.29) is 11.3 Å². The first kappa shape index (κ1) is 17.6. The number of ether oxygens (including phenoxy) is 1. The summed E-state index contributed by atoms with van der Waals surface area (Å²) in [5.74, 6) is -0.513. The standard InChI is InChI=1S/C14H21NO5S/c1-11-6-8-12(9-7-11)21(17,18)15(20-5)14(2,3)10-13(16)19-4/h6-9H,10H2,1-5H3. The van der Waals surface area contributed by atoms with Crippen molar-refractivity contribution >= 4 is 16.0 Å². The third-order valence-electron chi connectivity index (χ3n) is 3.00. The van der Waals surface area contributed by atoms with Gasteiger partial charge in [0.2, 0.25) is 0 Å². The number of carbonyl (C=O) groups excluding carboxylic acids is 1. The molecule has 118 valence electrons. The molecule has 7 heteroatoms. The lowest BCUT2D eigenvalue weighted by atomic mass is 10.0. The molecular formula is C14H21NO5S. The van der Waals surface area contributed by atoms with Crippen LogP contribution >= 0.6 is 0 Å². The van der Waals surface area contributed by atoms with Gasteiger partial charge >= 0.3 is 5.97 Å². The SMILES string of the molecule is COC(=O)CC(C)(C)N(OC)S(=O)(=O)c1ccc(C)cc1. The Morgan fingerprint density at radius 2 is 1.71 bits per heavy atom. The summed E-state index contributed by atoms with van der Waals surface area (Å²) in [6.07, 6.45) is -0.123. The number of hydrogen-bond donors (Lipinski definition) is 0. The summed E-state index contributed by atoms with van der Waals surface area (Å²) >= 11 is 0. The topological polar surface area (TPSA) is 72.9 Å². The molecule has 0 heterocycles. The molecule has 0 atom stereocenters. The number of hydroxylamine groups is 1. The summed E-state index contributed by atoms with van der Waals surface area (Å²) in [4.78, 5) is 16.6. The second-order valence-electron chi connectivity index (χ2n) is 5.29. The highest BCUT2D eigenvalue weighted by Gasteiger charge is 2.40. The van der Waals surface area contributed by atoms with Crippen LogP contribution in [0.4, 0.5) is 0 Å². The maximum Gasteiger partial charge on any atom is 0.307 e. The van der Waals surface area contributed by atoms with Crippen molar-refractivity contribution in [3.8, 4) is 0 Å². The van der Waals surface area contributed by atoms with Gasteiger partial charge in [0.05, 0.1) is 31.1 Å². The van der Waals surface area contributed by atoms with Crippen LogP contribution in [0.25, 0.3) is 0 Å². The molecule has 1 aromatic rings.